The molecule has 1 saturated heterocycles. The van der Waals surface area contributed by atoms with Crippen LogP contribution in [0.5, 0.6) is 0 Å². The lowest BCUT2D eigenvalue weighted by molar-refractivity contribution is 0.187. The Morgan fingerprint density at radius 3 is 2.70 bits per heavy atom. The van der Waals surface area contributed by atoms with E-state index >= 15 is 0 Å². The number of benzene rings is 1. The summed E-state index contributed by atoms with van der Waals surface area (Å²) in [6, 6.07) is 5.43. The molecule has 6 nitrogen and oxygen atoms in total. The molecule has 2 rings (SSSR count). The smallest absolute Gasteiger partial charge is 0.191 e. The number of aliphatic hydroxyl groups excluding tert-OH is 1. The van der Waals surface area contributed by atoms with Crippen molar-refractivity contribution in [1.82, 2.24) is 10.6 Å². The van der Waals surface area contributed by atoms with Crippen molar-refractivity contribution in [2.45, 2.75) is 25.5 Å². The van der Waals surface area contributed by atoms with E-state index in [2.05, 4.69) is 15.6 Å². The van der Waals surface area contributed by atoms with Gasteiger partial charge in [-0.3, -0.25) is 4.99 Å². The van der Waals surface area contributed by atoms with Crippen molar-refractivity contribution in [1.29, 1.82) is 0 Å². The first-order chi connectivity index (χ1) is 10.9. The number of sulfone groups is 1. The third-order valence-electron chi connectivity index (χ3n) is 3.59. The molecule has 0 aromatic heterocycles. The largest absolute Gasteiger partial charge is 0.386 e. The van der Waals surface area contributed by atoms with Crippen LogP contribution >= 0.6 is 0 Å². The van der Waals surface area contributed by atoms with E-state index < -0.39 is 15.9 Å². The first-order valence-corrected chi connectivity index (χ1v) is 9.40. The molecule has 2 unspecified atom stereocenters. The van der Waals surface area contributed by atoms with Crippen LogP contribution in [0.25, 0.3) is 0 Å². The summed E-state index contributed by atoms with van der Waals surface area (Å²) >= 11 is 0. The number of halogens is 1. The van der Waals surface area contributed by atoms with Crippen molar-refractivity contribution in [2.24, 2.45) is 4.99 Å². The standard InChI is InChI=1S/C15H22FN3O3S/c1-2-17-15(19-13-7-8-23(21,22)10-13)18-9-14(20)11-3-5-12(16)6-4-11/h3-6,13-14,20H,2,7-10H2,1H3,(H2,17,18,19). The van der Waals surface area contributed by atoms with Crippen LogP contribution in [0.3, 0.4) is 0 Å². The molecule has 0 spiro atoms. The molecule has 2 atom stereocenters. The van der Waals surface area contributed by atoms with Crippen molar-refractivity contribution in [3.8, 4) is 0 Å². The van der Waals surface area contributed by atoms with Crippen LogP contribution in [0, 0.1) is 5.82 Å². The van der Waals surface area contributed by atoms with Crippen LogP contribution in [-0.2, 0) is 9.84 Å². The highest BCUT2D eigenvalue weighted by molar-refractivity contribution is 7.91. The highest BCUT2D eigenvalue weighted by Crippen LogP contribution is 2.14. The Morgan fingerprint density at radius 1 is 1.43 bits per heavy atom. The number of hydrogen-bond donors (Lipinski definition) is 3. The van der Waals surface area contributed by atoms with Gasteiger partial charge in [-0.05, 0) is 31.0 Å². The Hall–Kier alpha value is -1.67. The van der Waals surface area contributed by atoms with Crippen molar-refractivity contribution in [2.75, 3.05) is 24.6 Å². The normalized spacial score (nSPS) is 21.9. The minimum atomic E-state index is -2.96. The fourth-order valence-electron chi connectivity index (χ4n) is 2.39. The number of aliphatic imine (C=N–C) groups is 1. The van der Waals surface area contributed by atoms with Gasteiger partial charge in [-0.25, -0.2) is 12.8 Å². The lowest BCUT2D eigenvalue weighted by Crippen LogP contribution is -2.44. The quantitative estimate of drug-likeness (QED) is 0.538. The number of nitrogens with one attached hydrogen (secondary N) is 2. The molecule has 23 heavy (non-hydrogen) atoms. The SMILES string of the molecule is CCNC(=NCC(O)c1ccc(F)cc1)NC1CCS(=O)(=O)C1. The predicted molar refractivity (Wildman–Crippen MR) is 87.5 cm³/mol. The van der Waals surface area contributed by atoms with E-state index in [4.69, 9.17) is 0 Å². The van der Waals surface area contributed by atoms with Gasteiger partial charge in [0.1, 0.15) is 5.82 Å². The first kappa shape index (κ1) is 17.7. The van der Waals surface area contributed by atoms with Crippen LogP contribution < -0.4 is 10.6 Å². The van der Waals surface area contributed by atoms with Crippen LogP contribution in [-0.4, -0.2) is 50.1 Å². The maximum Gasteiger partial charge on any atom is 0.191 e. The zero-order chi connectivity index (χ0) is 16.9. The van der Waals surface area contributed by atoms with Crippen molar-refractivity contribution < 1.29 is 17.9 Å². The van der Waals surface area contributed by atoms with Crippen LogP contribution in [0.2, 0.25) is 0 Å². The predicted octanol–water partition coefficient (Wildman–Crippen LogP) is 0.601. The third-order valence-corrected chi connectivity index (χ3v) is 5.36. The lowest BCUT2D eigenvalue weighted by atomic mass is 10.1. The van der Waals surface area contributed by atoms with Gasteiger partial charge in [-0.2, -0.15) is 0 Å². The lowest BCUT2D eigenvalue weighted by Gasteiger charge is -2.16. The second kappa shape index (κ2) is 7.74. The number of aliphatic hydroxyl groups is 1. The Kier molecular flexibility index (Phi) is 5.95. The minimum Gasteiger partial charge on any atom is -0.386 e. The second-order valence-corrected chi connectivity index (χ2v) is 7.76. The van der Waals surface area contributed by atoms with Gasteiger partial charge in [0, 0.05) is 12.6 Å². The number of nitrogens with zero attached hydrogens (tertiary/aromatic N) is 1. The van der Waals surface area contributed by atoms with Gasteiger partial charge in [-0.15, -0.1) is 0 Å². The van der Waals surface area contributed by atoms with Gasteiger partial charge in [0.05, 0.1) is 24.2 Å². The Morgan fingerprint density at radius 2 is 2.13 bits per heavy atom. The fraction of sp³-hybridized carbons (Fsp3) is 0.533. The molecular formula is C15H22FN3O3S. The first-order valence-electron chi connectivity index (χ1n) is 7.58. The fourth-order valence-corrected chi connectivity index (χ4v) is 4.06. The summed E-state index contributed by atoms with van der Waals surface area (Å²) in [7, 11) is -2.96. The molecular weight excluding hydrogens is 321 g/mol. The average Bonchev–Trinajstić information content (AvgIpc) is 2.84. The van der Waals surface area contributed by atoms with Gasteiger partial charge in [0.2, 0.25) is 0 Å². The van der Waals surface area contributed by atoms with Gasteiger partial charge in [0.25, 0.3) is 0 Å². The molecule has 3 N–H and O–H groups in total. The van der Waals surface area contributed by atoms with E-state index in [-0.39, 0.29) is 29.9 Å². The van der Waals surface area contributed by atoms with Crippen molar-refractivity contribution >= 4 is 15.8 Å². The Labute approximate surface area is 135 Å². The van der Waals surface area contributed by atoms with E-state index in [1.165, 1.54) is 24.3 Å². The molecule has 1 aliphatic heterocycles. The molecule has 1 fully saturated rings. The van der Waals surface area contributed by atoms with Crippen LogP contribution in [0.4, 0.5) is 4.39 Å². The summed E-state index contributed by atoms with van der Waals surface area (Å²) in [5.74, 6) is 0.387. The summed E-state index contributed by atoms with van der Waals surface area (Å²) in [5.41, 5.74) is 0.578. The summed E-state index contributed by atoms with van der Waals surface area (Å²) < 4.78 is 35.9. The van der Waals surface area contributed by atoms with Gasteiger partial charge in [0.15, 0.2) is 15.8 Å². The van der Waals surface area contributed by atoms with Gasteiger partial charge >= 0.3 is 0 Å². The monoisotopic (exact) mass is 343 g/mol. The van der Waals surface area contributed by atoms with Crippen LogP contribution in [0.1, 0.15) is 25.0 Å². The third kappa shape index (κ3) is 5.47. The van der Waals surface area contributed by atoms with E-state index in [9.17, 15) is 17.9 Å². The zero-order valence-corrected chi connectivity index (χ0v) is 13.8. The summed E-state index contributed by atoms with van der Waals surface area (Å²) in [5, 5.41) is 16.2. The minimum absolute atomic E-state index is 0.0952. The molecule has 8 heteroatoms. The molecule has 0 amide bonds. The van der Waals surface area contributed by atoms with Gasteiger partial charge in [-0.1, -0.05) is 12.1 Å². The Balaban J connectivity index is 1.96. The molecule has 0 saturated carbocycles. The molecule has 0 bridgehead atoms. The second-order valence-electron chi connectivity index (χ2n) is 5.53. The molecule has 1 aromatic carbocycles. The maximum absolute atomic E-state index is 12.9. The topological polar surface area (TPSA) is 90.8 Å². The van der Waals surface area contributed by atoms with E-state index in [0.717, 1.165) is 0 Å². The summed E-state index contributed by atoms with van der Waals surface area (Å²) in [4.78, 5) is 4.28. The van der Waals surface area contributed by atoms with E-state index in [1.54, 1.807) is 0 Å². The number of rotatable bonds is 5. The maximum atomic E-state index is 12.9. The van der Waals surface area contributed by atoms with Crippen LogP contribution in [0.15, 0.2) is 29.3 Å². The van der Waals surface area contributed by atoms with E-state index in [0.29, 0.717) is 24.5 Å². The van der Waals surface area contributed by atoms with Crippen molar-refractivity contribution in [3.05, 3.63) is 35.6 Å². The number of hydrogen-bond acceptors (Lipinski definition) is 4. The molecule has 128 valence electrons. The van der Waals surface area contributed by atoms with Gasteiger partial charge < -0.3 is 15.7 Å². The molecule has 0 radical (unpaired) electrons. The highest BCUT2D eigenvalue weighted by Gasteiger charge is 2.28. The average molecular weight is 343 g/mol. The zero-order valence-electron chi connectivity index (χ0n) is 13.0. The number of guanidine groups is 1. The highest BCUT2D eigenvalue weighted by atomic mass is 32.2. The molecule has 1 heterocycles. The summed E-state index contributed by atoms with van der Waals surface area (Å²) in [6.45, 7) is 2.62. The Bertz CT molecular complexity index is 646. The molecule has 1 aliphatic rings. The molecule has 1 aromatic rings. The van der Waals surface area contributed by atoms with E-state index in [1.807, 2.05) is 6.92 Å². The summed E-state index contributed by atoms with van der Waals surface area (Å²) in [6.07, 6.45) is -0.300. The van der Waals surface area contributed by atoms with Crippen molar-refractivity contribution in [3.63, 3.8) is 0 Å². The molecule has 0 aliphatic carbocycles.